The van der Waals surface area contributed by atoms with Crippen molar-refractivity contribution in [2.45, 2.75) is 44.4 Å². The maximum absolute atomic E-state index is 13.9. The minimum atomic E-state index is -2.51. The van der Waals surface area contributed by atoms with Gasteiger partial charge in [-0.1, -0.05) is 0 Å². The normalized spacial score (nSPS) is 29.5. The first kappa shape index (κ1) is 13.3. The molecule has 1 fully saturated rings. The van der Waals surface area contributed by atoms with Gasteiger partial charge in [-0.05, 0) is 20.8 Å². The van der Waals surface area contributed by atoms with Crippen molar-refractivity contribution in [3.05, 3.63) is 0 Å². The first-order chi connectivity index (χ1) is 7.20. The molecule has 5 nitrogen and oxygen atoms in total. The van der Waals surface area contributed by atoms with Crippen LogP contribution in [0.15, 0.2) is 0 Å². The van der Waals surface area contributed by atoms with E-state index in [1.807, 2.05) is 0 Å². The molecular formula is C10H17FO5. The summed E-state index contributed by atoms with van der Waals surface area (Å²) < 4.78 is 28.7. The Morgan fingerprint density at radius 1 is 1.69 bits per heavy atom. The third-order valence-corrected chi connectivity index (χ3v) is 2.52. The Morgan fingerprint density at radius 2 is 2.25 bits per heavy atom. The first-order valence-electron chi connectivity index (χ1n) is 4.98. The number of esters is 1. The summed E-state index contributed by atoms with van der Waals surface area (Å²) in [5.74, 6) is -2.01. The van der Waals surface area contributed by atoms with Crippen LogP contribution in [0.4, 0.5) is 4.39 Å². The van der Waals surface area contributed by atoms with E-state index >= 15 is 0 Å². The highest BCUT2D eigenvalue weighted by Gasteiger charge is 2.50. The summed E-state index contributed by atoms with van der Waals surface area (Å²) in [6.45, 7) is 4.28. The van der Waals surface area contributed by atoms with Crippen molar-refractivity contribution in [3.8, 4) is 0 Å². The molecule has 0 aliphatic carbocycles. The number of carbonyl (C=O) groups is 1. The molecule has 1 N–H and O–H groups in total. The number of alkyl halides is 1. The van der Waals surface area contributed by atoms with E-state index in [9.17, 15) is 14.3 Å². The molecule has 0 saturated carbocycles. The van der Waals surface area contributed by atoms with Crippen LogP contribution >= 0.6 is 0 Å². The predicted molar refractivity (Wildman–Crippen MR) is 52.4 cm³/mol. The lowest BCUT2D eigenvalue weighted by atomic mass is 9.97. The Kier molecular flexibility index (Phi) is 3.56. The van der Waals surface area contributed by atoms with E-state index in [0.29, 0.717) is 0 Å². The van der Waals surface area contributed by atoms with Crippen LogP contribution in [-0.4, -0.2) is 48.5 Å². The van der Waals surface area contributed by atoms with Crippen molar-refractivity contribution in [2.24, 2.45) is 0 Å². The number of rotatable bonds is 3. The Bertz CT molecular complexity index is 276. The van der Waals surface area contributed by atoms with Gasteiger partial charge in [-0.25, -0.2) is 9.18 Å². The number of aliphatic hydroxyl groups is 1. The number of hydrogen-bond donors (Lipinski definition) is 1. The second-order valence-corrected chi connectivity index (χ2v) is 4.38. The van der Waals surface area contributed by atoms with Gasteiger partial charge in [-0.15, -0.1) is 0 Å². The van der Waals surface area contributed by atoms with Gasteiger partial charge in [-0.2, -0.15) is 0 Å². The fraction of sp³-hybridized carbons (Fsp3) is 0.900. The first-order valence-corrected chi connectivity index (χ1v) is 4.98. The van der Waals surface area contributed by atoms with E-state index in [1.165, 1.54) is 0 Å². The number of aliphatic hydroxyl groups excluding tert-OH is 1. The van der Waals surface area contributed by atoms with Crippen molar-refractivity contribution in [1.29, 1.82) is 0 Å². The molecule has 0 spiro atoms. The summed E-state index contributed by atoms with van der Waals surface area (Å²) >= 11 is 0. The topological polar surface area (TPSA) is 65.0 Å². The maximum atomic E-state index is 13.9. The maximum Gasteiger partial charge on any atom is 0.346 e. The summed E-state index contributed by atoms with van der Waals surface area (Å²) in [7, 11) is 1.06. The van der Waals surface area contributed by atoms with Crippen LogP contribution in [0, 0.1) is 0 Å². The summed E-state index contributed by atoms with van der Waals surface area (Å²) in [4.78, 5) is 11.1. The molecule has 0 aromatic carbocycles. The van der Waals surface area contributed by atoms with E-state index in [-0.39, 0.29) is 6.61 Å². The minimum Gasteiger partial charge on any atom is -0.467 e. The van der Waals surface area contributed by atoms with Crippen molar-refractivity contribution in [1.82, 2.24) is 0 Å². The van der Waals surface area contributed by atoms with Crippen LogP contribution in [0.5, 0.6) is 0 Å². The molecular weight excluding hydrogens is 219 g/mol. The van der Waals surface area contributed by atoms with E-state index in [0.717, 1.165) is 14.0 Å². The summed E-state index contributed by atoms with van der Waals surface area (Å²) in [6.07, 6.45) is -2.51. The Hall–Kier alpha value is -0.720. The van der Waals surface area contributed by atoms with Crippen molar-refractivity contribution >= 4 is 5.97 Å². The van der Waals surface area contributed by atoms with Gasteiger partial charge in [0.15, 0.2) is 5.79 Å². The highest BCUT2D eigenvalue weighted by Crippen LogP contribution is 2.30. The molecule has 94 valence electrons. The molecule has 1 saturated heterocycles. The second kappa shape index (κ2) is 4.27. The van der Waals surface area contributed by atoms with Crippen LogP contribution in [-0.2, 0) is 19.0 Å². The zero-order valence-corrected chi connectivity index (χ0v) is 9.82. The third kappa shape index (κ3) is 2.50. The highest BCUT2D eigenvalue weighted by atomic mass is 19.1. The lowest BCUT2D eigenvalue weighted by Gasteiger charge is -2.27. The Labute approximate surface area is 93.5 Å². The molecule has 16 heavy (non-hydrogen) atoms. The summed E-state index contributed by atoms with van der Waals surface area (Å²) in [5, 5.41) is 9.73. The number of halogens is 1. The Morgan fingerprint density at radius 3 is 2.62 bits per heavy atom. The fourth-order valence-electron chi connectivity index (χ4n) is 1.54. The van der Waals surface area contributed by atoms with Crippen molar-refractivity contribution in [2.75, 3.05) is 13.7 Å². The quantitative estimate of drug-likeness (QED) is 0.718. The highest BCUT2D eigenvalue weighted by molar-refractivity contribution is 5.79. The number of ether oxygens (including phenoxy) is 3. The summed E-state index contributed by atoms with van der Waals surface area (Å²) in [5.41, 5.74) is -2.51. The van der Waals surface area contributed by atoms with E-state index in [1.54, 1.807) is 13.8 Å². The lowest BCUT2D eigenvalue weighted by molar-refractivity contribution is -0.181. The molecule has 1 rings (SSSR count). The second-order valence-electron chi connectivity index (χ2n) is 4.38. The molecule has 0 bridgehead atoms. The SMILES string of the molecule is COC(=O)[C@](C)(F)[C@@H](O)[C@H]1COC(C)(C)O1. The Balaban J connectivity index is 2.71. The molecule has 0 unspecified atom stereocenters. The van der Waals surface area contributed by atoms with Crippen LogP contribution < -0.4 is 0 Å². The molecule has 3 atom stereocenters. The van der Waals surface area contributed by atoms with Gasteiger partial charge in [0.2, 0.25) is 5.67 Å². The van der Waals surface area contributed by atoms with Gasteiger partial charge in [0.1, 0.15) is 12.2 Å². The minimum absolute atomic E-state index is 0.0324. The molecule has 0 radical (unpaired) electrons. The predicted octanol–water partition coefficient (Wildman–Crippen LogP) is 0.400. The van der Waals surface area contributed by atoms with Gasteiger partial charge in [0, 0.05) is 0 Å². The van der Waals surface area contributed by atoms with Gasteiger partial charge in [0.05, 0.1) is 13.7 Å². The van der Waals surface area contributed by atoms with Gasteiger partial charge >= 0.3 is 5.97 Å². The zero-order valence-electron chi connectivity index (χ0n) is 9.82. The lowest BCUT2D eigenvalue weighted by Crippen LogP contribution is -2.51. The summed E-state index contributed by atoms with van der Waals surface area (Å²) in [6, 6.07) is 0. The smallest absolute Gasteiger partial charge is 0.346 e. The zero-order chi connectivity index (χ0) is 12.6. The molecule has 1 aliphatic rings. The van der Waals surface area contributed by atoms with Crippen molar-refractivity contribution in [3.63, 3.8) is 0 Å². The molecule has 1 aliphatic heterocycles. The van der Waals surface area contributed by atoms with E-state index in [4.69, 9.17) is 9.47 Å². The fourth-order valence-corrected chi connectivity index (χ4v) is 1.54. The number of carbonyl (C=O) groups excluding carboxylic acids is 1. The molecule has 6 heteroatoms. The van der Waals surface area contributed by atoms with Crippen LogP contribution in [0.3, 0.4) is 0 Å². The average Bonchev–Trinajstić information content (AvgIpc) is 2.56. The number of hydrogen-bond acceptors (Lipinski definition) is 5. The van der Waals surface area contributed by atoms with Crippen LogP contribution in [0.25, 0.3) is 0 Å². The largest absolute Gasteiger partial charge is 0.467 e. The molecule has 0 amide bonds. The van der Waals surface area contributed by atoms with Crippen LogP contribution in [0.2, 0.25) is 0 Å². The van der Waals surface area contributed by atoms with E-state index in [2.05, 4.69) is 4.74 Å². The van der Waals surface area contributed by atoms with Crippen LogP contribution in [0.1, 0.15) is 20.8 Å². The number of methoxy groups -OCH3 is 1. The standard InChI is InChI=1S/C10H17FO5/c1-9(2)15-5-6(16-9)7(12)10(3,11)8(13)14-4/h6-7,12H,5H2,1-4H3/t6-,7+,10-/m1/s1. The van der Waals surface area contributed by atoms with Crippen molar-refractivity contribution < 1.29 is 28.5 Å². The van der Waals surface area contributed by atoms with Gasteiger partial charge in [0.25, 0.3) is 0 Å². The van der Waals surface area contributed by atoms with E-state index < -0.39 is 29.6 Å². The molecule has 0 aromatic rings. The average molecular weight is 236 g/mol. The van der Waals surface area contributed by atoms with Gasteiger partial charge < -0.3 is 19.3 Å². The third-order valence-electron chi connectivity index (χ3n) is 2.52. The van der Waals surface area contributed by atoms with Gasteiger partial charge in [-0.3, -0.25) is 0 Å². The molecule has 1 heterocycles. The monoisotopic (exact) mass is 236 g/mol. The molecule has 0 aromatic heterocycles.